The van der Waals surface area contributed by atoms with Crippen molar-refractivity contribution in [1.29, 1.82) is 10.8 Å². The zero-order valence-corrected chi connectivity index (χ0v) is 23.7. The number of nitrogens with two attached hydrogens (primary N) is 2. The van der Waals surface area contributed by atoms with Crippen molar-refractivity contribution in [2.75, 3.05) is 23.1 Å². The highest BCUT2D eigenvalue weighted by atomic mass is 32.2. The zero-order chi connectivity index (χ0) is 27.1. The molecule has 0 spiro atoms. The Labute approximate surface area is 236 Å². The van der Waals surface area contributed by atoms with Crippen molar-refractivity contribution in [3.8, 4) is 0 Å². The molecule has 5 aromatic rings. The molecular formula is C25H25N9S4. The van der Waals surface area contributed by atoms with Gasteiger partial charge in [0.2, 0.25) is 5.95 Å². The predicted molar refractivity (Wildman–Crippen MR) is 165 cm³/mol. The van der Waals surface area contributed by atoms with Gasteiger partial charge in [0, 0.05) is 17.8 Å². The lowest BCUT2D eigenvalue weighted by atomic mass is 10.2. The molecule has 8 N–H and O–H groups in total. The molecule has 0 unspecified atom stereocenters. The monoisotopic (exact) mass is 579 g/mol. The van der Waals surface area contributed by atoms with E-state index >= 15 is 0 Å². The summed E-state index contributed by atoms with van der Waals surface area (Å²) < 4.78 is 2.16. The van der Waals surface area contributed by atoms with Gasteiger partial charge in [-0.2, -0.15) is 0 Å². The molecule has 4 heterocycles. The lowest BCUT2D eigenvalue weighted by Gasteiger charge is -2.07. The molecule has 38 heavy (non-hydrogen) atoms. The molecule has 0 saturated carbocycles. The van der Waals surface area contributed by atoms with Gasteiger partial charge in [-0.15, -0.1) is 46.2 Å². The van der Waals surface area contributed by atoms with Crippen LogP contribution in [0.5, 0.6) is 0 Å². The molecule has 0 amide bonds. The highest BCUT2D eigenvalue weighted by Crippen LogP contribution is 2.37. The Kier molecular flexibility index (Phi) is 9.18. The number of fused-ring (bicyclic) bond motifs is 1. The predicted octanol–water partition coefficient (Wildman–Crippen LogP) is 6.33. The van der Waals surface area contributed by atoms with Crippen LogP contribution in [0.4, 0.5) is 23.0 Å². The number of hydrogen-bond acceptors (Lipinski definition) is 11. The van der Waals surface area contributed by atoms with E-state index in [0.717, 1.165) is 46.1 Å². The molecule has 4 aromatic heterocycles. The summed E-state index contributed by atoms with van der Waals surface area (Å²) in [6, 6.07) is 15.6. The van der Waals surface area contributed by atoms with Gasteiger partial charge in [0.15, 0.2) is 0 Å². The minimum absolute atomic E-state index is 0.0762. The number of benzene rings is 1. The normalized spacial score (nSPS) is 10.5. The first kappa shape index (κ1) is 27.4. The third-order valence-corrected chi connectivity index (χ3v) is 9.59. The Balaban J connectivity index is 0.000000181. The molecule has 0 bridgehead atoms. The number of amidine groups is 2. The van der Waals surface area contributed by atoms with Crippen LogP contribution in [0, 0.1) is 10.8 Å². The molecule has 0 aliphatic rings. The first-order valence-corrected chi connectivity index (χ1v) is 15.2. The van der Waals surface area contributed by atoms with Crippen molar-refractivity contribution in [2.45, 2.75) is 8.42 Å². The fraction of sp³-hybridized carbons (Fsp3) is 0.0800. The van der Waals surface area contributed by atoms with Gasteiger partial charge in [0.05, 0.1) is 46.9 Å². The van der Waals surface area contributed by atoms with Crippen LogP contribution in [0.15, 0.2) is 75.5 Å². The number of thioether (sulfide) groups is 2. The van der Waals surface area contributed by atoms with Crippen LogP contribution in [0.2, 0.25) is 0 Å². The van der Waals surface area contributed by atoms with Crippen molar-refractivity contribution in [3.05, 3.63) is 76.9 Å². The molecule has 13 heteroatoms. The van der Waals surface area contributed by atoms with E-state index in [4.69, 9.17) is 22.3 Å². The SMILES string of the molecule is CSc1sc(C(=N)N)cc1Nc1cnc2ccccc2c1.CSc1sc(C(=N)N)cc1Nc1ncccn1. The Morgan fingerprint density at radius 1 is 0.789 bits per heavy atom. The van der Waals surface area contributed by atoms with E-state index in [2.05, 4.69) is 31.7 Å². The maximum absolute atomic E-state index is 7.55. The van der Waals surface area contributed by atoms with Gasteiger partial charge >= 0.3 is 0 Å². The Morgan fingerprint density at radius 3 is 1.95 bits per heavy atom. The zero-order valence-electron chi connectivity index (χ0n) is 20.5. The number of pyridine rings is 1. The molecule has 9 nitrogen and oxygen atoms in total. The summed E-state index contributed by atoms with van der Waals surface area (Å²) in [5.74, 6) is 0.711. The van der Waals surface area contributed by atoms with E-state index in [1.165, 1.54) is 22.7 Å². The summed E-state index contributed by atoms with van der Waals surface area (Å²) in [7, 11) is 0. The number of rotatable bonds is 8. The maximum Gasteiger partial charge on any atom is 0.227 e. The smallest absolute Gasteiger partial charge is 0.227 e. The molecule has 0 radical (unpaired) electrons. The van der Waals surface area contributed by atoms with Gasteiger partial charge < -0.3 is 22.1 Å². The van der Waals surface area contributed by atoms with Crippen molar-refractivity contribution in [1.82, 2.24) is 15.0 Å². The number of anilines is 4. The molecule has 1 aromatic carbocycles. The van der Waals surface area contributed by atoms with Crippen LogP contribution < -0.4 is 22.1 Å². The fourth-order valence-corrected chi connectivity index (χ4v) is 6.55. The largest absolute Gasteiger partial charge is 0.383 e. The number of aromatic nitrogens is 3. The van der Waals surface area contributed by atoms with E-state index in [0.29, 0.717) is 5.95 Å². The molecule has 0 aliphatic carbocycles. The first-order valence-electron chi connectivity index (χ1n) is 11.1. The second kappa shape index (κ2) is 12.7. The quantitative estimate of drug-likeness (QED) is 0.0700. The van der Waals surface area contributed by atoms with E-state index < -0.39 is 0 Å². The average Bonchev–Trinajstić information content (AvgIpc) is 3.53. The van der Waals surface area contributed by atoms with Crippen LogP contribution in [-0.2, 0) is 0 Å². The minimum Gasteiger partial charge on any atom is -0.383 e. The molecule has 0 atom stereocenters. The summed E-state index contributed by atoms with van der Waals surface area (Å²) in [4.78, 5) is 14.1. The molecular weight excluding hydrogens is 555 g/mol. The topological polar surface area (TPSA) is 162 Å². The van der Waals surface area contributed by atoms with Crippen molar-refractivity contribution >= 4 is 91.8 Å². The Morgan fingerprint density at radius 2 is 1.37 bits per heavy atom. The van der Waals surface area contributed by atoms with Crippen LogP contribution in [0.1, 0.15) is 9.75 Å². The second-order valence-electron chi connectivity index (χ2n) is 7.60. The van der Waals surface area contributed by atoms with Crippen LogP contribution in [-0.4, -0.2) is 39.1 Å². The fourth-order valence-electron chi connectivity index (χ4n) is 3.27. The third kappa shape index (κ3) is 6.81. The van der Waals surface area contributed by atoms with Crippen LogP contribution >= 0.6 is 46.2 Å². The van der Waals surface area contributed by atoms with Gasteiger partial charge in [-0.3, -0.25) is 15.8 Å². The van der Waals surface area contributed by atoms with Gasteiger partial charge in [0.1, 0.15) is 11.7 Å². The highest BCUT2D eigenvalue weighted by molar-refractivity contribution is 8.00. The van der Waals surface area contributed by atoms with Crippen LogP contribution in [0.25, 0.3) is 10.9 Å². The van der Waals surface area contributed by atoms with E-state index in [1.54, 1.807) is 42.0 Å². The lowest BCUT2D eigenvalue weighted by Crippen LogP contribution is -2.08. The van der Waals surface area contributed by atoms with E-state index in [-0.39, 0.29) is 11.7 Å². The standard InChI is InChI=1S/C15H14N4S2.C10H11N5S2/c1-20-15-12(7-13(21-15)14(16)17)19-10-6-9-4-2-3-5-11(9)18-8-10;1-16-9-6(5-7(17-9)8(11)12)15-10-13-3-2-4-14-10/h2-8,19H,1H3,(H3,16,17);2-5H,1H3,(H3,11,12)(H,13,14,15). The highest BCUT2D eigenvalue weighted by Gasteiger charge is 2.12. The average molecular weight is 580 g/mol. The van der Waals surface area contributed by atoms with Gasteiger partial charge in [-0.25, -0.2) is 9.97 Å². The number of para-hydroxylation sites is 1. The van der Waals surface area contributed by atoms with E-state index in [9.17, 15) is 0 Å². The summed E-state index contributed by atoms with van der Waals surface area (Å²) in [6.07, 6.45) is 9.16. The third-order valence-electron chi connectivity index (χ3n) is 4.98. The summed E-state index contributed by atoms with van der Waals surface area (Å²) >= 11 is 6.24. The molecule has 5 rings (SSSR count). The Hall–Kier alpha value is -3.65. The number of nitrogen functional groups attached to an aromatic ring is 2. The summed E-state index contributed by atoms with van der Waals surface area (Å²) in [6.45, 7) is 0. The van der Waals surface area contributed by atoms with Gasteiger partial charge in [0.25, 0.3) is 0 Å². The van der Waals surface area contributed by atoms with Crippen molar-refractivity contribution in [2.24, 2.45) is 11.5 Å². The molecule has 194 valence electrons. The summed E-state index contributed by atoms with van der Waals surface area (Å²) in [5, 5.41) is 22.5. The molecule has 0 saturated heterocycles. The number of nitrogens with zero attached hydrogens (tertiary/aromatic N) is 3. The molecule has 0 fully saturated rings. The van der Waals surface area contributed by atoms with Crippen LogP contribution in [0.3, 0.4) is 0 Å². The second-order valence-corrected chi connectivity index (χ2v) is 11.9. The van der Waals surface area contributed by atoms with Crippen molar-refractivity contribution < 1.29 is 0 Å². The van der Waals surface area contributed by atoms with Gasteiger partial charge in [-0.05, 0) is 42.8 Å². The number of nitrogens with one attached hydrogen (secondary N) is 4. The number of hydrogen-bond donors (Lipinski definition) is 6. The Bertz CT molecular complexity index is 1560. The van der Waals surface area contributed by atoms with Gasteiger partial charge in [-0.1, -0.05) is 18.2 Å². The summed E-state index contributed by atoms with van der Waals surface area (Å²) in [5.41, 5.74) is 14.8. The van der Waals surface area contributed by atoms with E-state index in [1.807, 2.05) is 55.1 Å². The lowest BCUT2D eigenvalue weighted by molar-refractivity contribution is 1.16. The first-order chi connectivity index (χ1) is 18.4. The minimum atomic E-state index is 0.0762. The maximum atomic E-state index is 7.55. The number of thiophene rings is 2. The van der Waals surface area contributed by atoms with Crippen molar-refractivity contribution in [3.63, 3.8) is 0 Å². The molecule has 0 aliphatic heterocycles.